The minimum absolute atomic E-state index is 0.278. The first kappa shape index (κ1) is 13.6. The molecule has 0 aliphatic carbocycles. The summed E-state index contributed by atoms with van der Waals surface area (Å²) >= 11 is 0. The molecule has 0 radical (unpaired) electrons. The molecule has 1 atom stereocenters. The van der Waals surface area contributed by atoms with E-state index in [1.807, 2.05) is 28.8 Å². The number of aromatic nitrogens is 2. The molecule has 5 heteroatoms. The number of hydrogen-bond acceptors (Lipinski definition) is 3. The Labute approximate surface area is 121 Å². The predicted molar refractivity (Wildman–Crippen MR) is 77.6 cm³/mol. The number of fused-ring (bicyclic) bond motifs is 1. The minimum Gasteiger partial charge on any atom is -0.496 e. The molecule has 0 bridgehead atoms. The van der Waals surface area contributed by atoms with Crippen molar-refractivity contribution in [3.05, 3.63) is 60.2 Å². The van der Waals surface area contributed by atoms with E-state index >= 15 is 0 Å². The van der Waals surface area contributed by atoms with Crippen molar-refractivity contribution in [2.45, 2.75) is 12.6 Å². The lowest BCUT2D eigenvalue weighted by Crippen LogP contribution is -2.09. The van der Waals surface area contributed by atoms with E-state index in [-0.39, 0.29) is 6.54 Å². The fourth-order valence-electron chi connectivity index (χ4n) is 2.41. The van der Waals surface area contributed by atoms with Crippen LogP contribution in [-0.2, 0) is 6.54 Å². The van der Waals surface area contributed by atoms with E-state index in [0.29, 0.717) is 11.3 Å². The van der Waals surface area contributed by atoms with Gasteiger partial charge in [-0.15, -0.1) is 0 Å². The second-order valence-corrected chi connectivity index (χ2v) is 4.79. The quantitative estimate of drug-likeness (QED) is 0.802. The lowest BCUT2D eigenvalue weighted by molar-refractivity contribution is 0.153. The van der Waals surface area contributed by atoms with Gasteiger partial charge < -0.3 is 14.4 Å². The highest BCUT2D eigenvalue weighted by molar-refractivity contribution is 5.74. The summed E-state index contributed by atoms with van der Waals surface area (Å²) in [6.07, 6.45) is 0.785. The van der Waals surface area contributed by atoms with Crippen LogP contribution in [-0.4, -0.2) is 21.8 Å². The van der Waals surface area contributed by atoms with Crippen LogP contribution in [0.1, 0.15) is 11.7 Å². The third kappa shape index (κ3) is 2.60. The molecule has 0 amide bonds. The molecule has 2 aromatic carbocycles. The molecular weight excluding hydrogens is 271 g/mol. The normalized spacial score (nSPS) is 12.5. The third-order valence-corrected chi connectivity index (χ3v) is 3.45. The highest BCUT2D eigenvalue weighted by Gasteiger charge is 2.16. The lowest BCUT2D eigenvalue weighted by Gasteiger charge is -2.16. The number of benzene rings is 2. The second kappa shape index (κ2) is 5.54. The van der Waals surface area contributed by atoms with Crippen LogP contribution in [0.4, 0.5) is 4.39 Å². The number of nitrogens with zero attached hydrogens (tertiary/aromatic N) is 2. The van der Waals surface area contributed by atoms with Crippen molar-refractivity contribution in [1.29, 1.82) is 0 Å². The molecule has 0 aliphatic heterocycles. The van der Waals surface area contributed by atoms with Crippen molar-refractivity contribution < 1.29 is 14.2 Å². The molecule has 0 spiro atoms. The Morgan fingerprint density at radius 1 is 1.29 bits per heavy atom. The van der Waals surface area contributed by atoms with Gasteiger partial charge in [0.05, 0.1) is 31.0 Å². The number of imidazole rings is 1. The summed E-state index contributed by atoms with van der Waals surface area (Å²) in [5.41, 5.74) is 2.21. The number of hydrogen-bond donors (Lipinski definition) is 1. The van der Waals surface area contributed by atoms with Crippen molar-refractivity contribution in [1.82, 2.24) is 9.55 Å². The Morgan fingerprint density at radius 2 is 2.10 bits per heavy atom. The summed E-state index contributed by atoms with van der Waals surface area (Å²) in [5, 5.41) is 10.4. The first-order valence-corrected chi connectivity index (χ1v) is 6.60. The molecule has 1 N–H and O–H groups in total. The van der Waals surface area contributed by atoms with Crippen LogP contribution in [0.5, 0.6) is 5.75 Å². The first-order valence-electron chi connectivity index (χ1n) is 6.60. The van der Waals surface area contributed by atoms with Gasteiger partial charge in [-0.25, -0.2) is 9.37 Å². The van der Waals surface area contributed by atoms with Crippen LogP contribution in [0.15, 0.2) is 48.8 Å². The fourth-order valence-corrected chi connectivity index (χ4v) is 2.41. The molecule has 0 saturated carbocycles. The van der Waals surface area contributed by atoms with E-state index in [1.165, 1.54) is 25.3 Å². The van der Waals surface area contributed by atoms with E-state index in [4.69, 9.17) is 4.74 Å². The molecule has 1 heterocycles. The highest BCUT2D eigenvalue weighted by Crippen LogP contribution is 2.28. The van der Waals surface area contributed by atoms with Gasteiger partial charge in [-0.2, -0.15) is 0 Å². The maximum Gasteiger partial charge on any atom is 0.124 e. The second-order valence-electron chi connectivity index (χ2n) is 4.79. The zero-order valence-corrected chi connectivity index (χ0v) is 11.5. The number of aliphatic hydroxyl groups is 1. The van der Waals surface area contributed by atoms with E-state index in [9.17, 15) is 9.50 Å². The summed E-state index contributed by atoms with van der Waals surface area (Å²) in [6.45, 7) is 0.278. The number of halogens is 1. The summed E-state index contributed by atoms with van der Waals surface area (Å²) < 4.78 is 20.4. The SMILES string of the molecule is COc1ccc(F)cc1C(O)Cn1cnc2ccccc21. The summed E-state index contributed by atoms with van der Waals surface area (Å²) in [6, 6.07) is 11.8. The number of ether oxygens (including phenoxy) is 1. The first-order chi connectivity index (χ1) is 10.2. The minimum atomic E-state index is -0.881. The Balaban J connectivity index is 1.93. The molecular formula is C16H15FN2O2. The zero-order valence-electron chi connectivity index (χ0n) is 11.5. The Hall–Kier alpha value is -2.40. The molecule has 3 aromatic rings. The maximum atomic E-state index is 13.4. The summed E-state index contributed by atoms with van der Waals surface area (Å²) in [4.78, 5) is 4.27. The fraction of sp³-hybridized carbons (Fsp3) is 0.188. The molecule has 4 nitrogen and oxygen atoms in total. The van der Waals surface area contributed by atoms with Gasteiger partial charge in [0.25, 0.3) is 0 Å². The van der Waals surface area contributed by atoms with Gasteiger partial charge in [-0.1, -0.05) is 12.1 Å². The van der Waals surface area contributed by atoms with E-state index < -0.39 is 11.9 Å². The highest BCUT2D eigenvalue weighted by atomic mass is 19.1. The number of methoxy groups -OCH3 is 1. The van der Waals surface area contributed by atoms with Crippen LogP contribution >= 0.6 is 0 Å². The molecule has 108 valence electrons. The van der Waals surface area contributed by atoms with Gasteiger partial charge in [-0.05, 0) is 30.3 Å². The average molecular weight is 286 g/mol. The third-order valence-electron chi connectivity index (χ3n) is 3.45. The smallest absolute Gasteiger partial charge is 0.124 e. The number of aliphatic hydroxyl groups excluding tert-OH is 1. The molecule has 21 heavy (non-hydrogen) atoms. The Kier molecular flexibility index (Phi) is 3.58. The topological polar surface area (TPSA) is 47.3 Å². The average Bonchev–Trinajstić information content (AvgIpc) is 2.90. The van der Waals surface area contributed by atoms with Crippen molar-refractivity contribution in [3.63, 3.8) is 0 Å². The molecule has 0 aliphatic rings. The lowest BCUT2D eigenvalue weighted by atomic mass is 10.1. The van der Waals surface area contributed by atoms with Gasteiger partial charge in [-0.3, -0.25) is 0 Å². The van der Waals surface area contributed by atoms with Crippen LogP contribution in [0.2, 0.25) is 0 Å². The number of rotatable bonds is 4. The zero-order chi connectivity index (χ0) is 14.8. The summed E-state index contributed by atoms with van der Waals surface area (Å²) in [7, 11) is 1.50. The summed E-state index contributed by atoms with van der Waals surface area (Å²) in [5.74, 6) is 0.0636. The Bertz CT molecular complexity index is 770. The van der Waals surface area contributed by atoms with Crippen molar-refractivity contribution >= 4 is 11.0 Å². The van der Waals surface area contributed by atoms with Crippen LogP contribution < -0.4 is 4.74 Å². The molecule has 1 unspecified atom stereocenters. The van der Waals surface area contributed by atoms with Gasteiger partial charge in [0.15, 0.2) is 0 Å². The van der Waals surface area contributed by atoms with Gasteiger partial charge in [0, 0.05) is 5.56 Å². The van der Waals surface area contributed by atoms with Crippen LogP contribution in [0.25, 0.3) is 11.0 Å². The molecule has 1 aromatic heterocycles. The van der Waals surface area contributed by atoms with Crippen molar-refractivity contribution in [2.24, 2.45) is 0 Å². The van der Waals surface area contributed by atoms with Crippen molar-refractivity contribution in [2.75, 3.05) is 7.11 Å². The van der Waals surface area contributed by atoms with E-state index in [2.05, 4.69) is 4.98 Å². The van der Waals surface area contributed by atoms with E-state index in [0.717, 1.165) is 11.0 Å². The largest absolute Gasteiger partial charge is 0.496 e. The molecule has 3 rings (SSSR count). The van der Waals surface area contributed by atoms with Gasteiger partial charge in [0.1, 0.15) is 17.7 Å². The predicted octanol–water partition coefficient (Wildman–Crippen LogP) is 2.92. The van der Waals surface area contributed by atoms with Gasteiger partial charge >= 0.3 is 0 Å². The monoisotopic (exact) mass is 286 g/mol. The van der Waals surface area contributed by atoms with Crippen molar-refractivity contribution in [3.8, 4) is 5.75 Å². The standard InChI is InChI=1S/C16H15FN2O2/c1-21-16-7-6-11(17)8-12(16)15(20)9-19-10-18-13-4-2-3-5-14(13)19/h2-8,10,15,20H,9H2,1H3. The number of para-hydroxylation sites is 2. The van der Waals surface area contributed by atoms with Crippen LogP contribution in [0.3, 0.4) is 0 Å². The van der Waals surface area contributed by atoms with Crippen LogP contribution in [0, 0.1) is 5.82 Å². The van der Waals surface area contributed by atoms with Gasteiger partial charge in [0.2, 0.25) is 0 Å². The maximum absolute atomic E-state index is 13.4. The Morgan fingerprint density at radius 3 is 2.90 bits per heavy atom. The van der Waals surface area contributed by atoms with E-state index in [1.54, 1.807) is 6.33 Å². The molecule has 0 fully saturated rings. The molecule has 0 saturated heterocycles.